The molecule has 1 fully saturated rings. The first-order valence-electron chi connectivity index (χ1n) is 7.31. The van der Waals surface area contributed by atoms with Crippen molar-refractivity contribution in [2.45, 2.75) is 24.9 Å². The van der Waals surface area contributed by atoms with E-state index in [1.807, 2.05) is 0 Å². The highest BCUT2D eigenvalue weighted by Gasteiger charge is 2.39. The standard InChI is InChI=1S/C14H15F3N4O3/c1-21-11(5-10(19-21)8-3-2-4-23-6-8)18-13(22)9-7-24-20-12(9)14(15,16)17/h5,7-8H,2-4,6H2,1H3,(H,18,22). The zero-order chi connectivity index (χ0) is 17.3. The van der Waals surface area contributed by atoms with Gasteiger partial charge in [-0.3, -0.25) is 9.48 Å². The van der Waals surface area contributed by atoms with E-state index in [1.54, 1.807) is 13.1 Å². The van der Waals surface area contributed by atoms with Gasteiger partial charge in [-0.2, -0.15) is 18.3 Å². The van der Waals surface area contributed by atoms with Gasteiger partial charge in [0.1, 0.15) is 17.6 Å². The molecule has 7 nitrogen and oxygen atoms in total. The number of carbonyl (C=O) groups is 1. The Bertz CT molecular complexity index is 732. The van der Waals surface area contributed by atoms with Gasteiger partial charge in [-0.05, 0) is 12.8 Å². The Kier molecular flexibility index (Phi) is 4.31. The third-order valence-electron chi connectivity index (χ3n) is 3.80. The van der Waals surface area contributed by atoms with Crippen molar-refractivity contribution >= 4 is 11.7 Å². The molecule has 0 aliphatic carbocycles. The summed E-state index contributed by atoms with van der Waals surface area (Å²) in [4.78, 5) is 12.1. The molecule has 24 heavy (non-hydrogen) atoms. The summed E-state index contributed by atoms with van der Waals surface area (Å²) in [6.45, 7) is 1.24. The van der Waals surface area contributed by atoms with Gasteiger partial charge in [-0.25, -0.2) is 0 Å². The van der Waals surface area contributed by atoms with Crippen LogP contribution in [0.4, 0.5) is 19.0 Å². The van der Waals surface area contributed by atoms with Gasteiger partial charge in [0.2, 0.25) is 0 Å². The zero-order valence-electron chi connectivity index (χ0n) is 12.8. The number of ether oxygens (including phenoxy) is 1. The number of nitrogens with one attached hydrogen (secondary N) is 1. The summed E-state index contributed by atoms with van der Waals surface area (Å²) in [6, 6.07) is 1.64. The van der Waals surface area contributed by atoms with E-state index < -0.39 is 23.3 Å². The van der Waals surface area contributed by atoms with Crippen LogP contribution >= 0.6 is 0 Å². The van der Waals surface area contributed by atoms with Crippen molar-refractivity contribution in [2.75, 3.05) is 18.5 Å². The van der Waals surface area contributed by atoms with Crippen LogP contribution in [0.15, 0.2) is 16.9 Å². The molecule has 0 radical (unpaired) electrons. The van der Waals surface area contributed by atoms with Crippen molar-refractivity contribution in [1.82, 2.24) is 14.9 Å². The number of carbonyl (C=O) groups excluding carboxylic acids is 1. The van der Waals surface area contributed by atoms with Gasteiger partial charge in [-0.1, -0.05) is 5.16 Å². The monoisotopic (exact) mass is 344 g/mol. The van der Waals surface area contributed by atoms with Gasteiger partial charge < -0.3 is 14.6 Å². The number of hydrogen-bond donors (Lipinski definition) is 1. The maximum Gasteiger partial charge on any atom is 0.437 e. The number of aryl methyl sites for hydroxylation is 1. The molecule has 0 bridgehead atoms. The maximum absolute atomic E-state index is 12.8. The molecule has 0 spiro atoms. The minimum Gasteiger partial charge on any atom is -0.381 e. The maximum atomic E-state index is 12.8. The number of alkyl halides is 3. The number of halogens is 3. The van der Waals surface area contributed by atoms with Crippen molar-refractivity contribution in [2.24, 2.45) is 7.05 Å². The van der Waals surface area contributed by atoms with Crippen molar-refractivity contribution in [3.05, 3.63) is 29.3 Å². The zero-order valence-corrected chi connectivity index (χ0v) is 12.8. The molecular formula is C14H15F3N4O3. The lowest BCUT2D eigenvalue weighted by molar-refractivity contribution is -0.143. The number of amides is 1. The average Bonchev–Trinajstić information content (AvgIpc) is 3.15. The molecule has 2 aromatic heterocycles. The Labute approximate surface area is 134 Å². The fraction of sp³-hybridized carbons (Fsp3) is 0.500. The number of hydrogen-bond acceptors (Lipinski definition) is 5. The molecule has 10 heteroatoms. The molecule has 2 aromatic rings. The number of nitrogens with zero attached hydrogens (tertiary/aromatic N) is 3. The molecule has 3 rings (SSSR count). The molecule has 3 heterocycles. The first-order valence-corrected chi connectivity index (χ1v) is 7.31. The highest BCUT2D eigenvalue weighted by Crippen LogP contribution is 2.31. The minimum atomic E-state index is -4.77. The van der Waals surface area contributed by atoms with Crippen molar-refractivity contribution < 1.29 is 27.2 Å². The molecule has 1 aliphatic heterocycles. The van der Waals surface area contributed by atoms with E-state index in [-0.39, 0.29) is 11.7 Å². The van der Waals surface area contributed by atoms with E-state index >= 15 is 0 Å². The second kappa shape index (κ2) is 6.27. The molecule has 0 saturated carbocycles. The van der Waals surface area contributed by atoms with E-state index in [2.05, 4.69) is 20.1 Å². The van der Waals surface area contributed by atoms with Crippen molar-refractivity contribution in [3.63, 3.8) is 0 Å². The van der Waals surface area contributed by atoms with Gasteiger partial charge in [0.05, 0.1) is 12.3 Å². The third-order valence-corrected chi connectivity index (χ3v) is 3.80. The topological polar surface area (TPSA) is 82.2 Å². The number of aromatic nitrogens is 3. The molecular weight excluding hydrogens is 329 g/mol. The number of anilines is 1. The first kappa shape index (κ1) is 16.5. The van der Waals surface area contributed by atoms with Crippen LogP contribution in [0.3, 0.4) is 0 Å². The predicted octanol–water partition coefficient (Wildman–Crippen LogP) is 2.57. The van der Waals surface area contributed by atoms with Crippen LogP contribution in [0.5, 0.6) is 0 Å². The number of rotatable bonds is 3. The smallest absolute Gasteiger partial charge is 0.381 e. The summed E-state index contributed by atoms with van der Waals surface area (Å²) in [5.41, 5.74) is -1.30. The minimum absolute atomic E-state index is 0.108. The fourth-order valence-corrected chi connectivity index (χ4v) is 2.57. The van der Waals surface area contributed by atoms with Crippen molar-refractivity contribution in [3.8, 4) is 0 Å². The van der Waals surface area contributed by atoms with E-state index in [1.165, 1.54) is 4.68 Å². The Hall–Kier alpha value is -2.36. The molecule has 0 aromatic carbocycles. The van der Waals surface area contributed by atoms with Gasteiger partial charge in [0.25, 0.3) is 5.91 Å². The van der Waals surface area contributed by atoms with Crippen LogP contribution in [0.2, 0.25) is 0 Å². The molecule has 130 valence electrons. The van der Waals surface area contributed by atoms with Crippen LogP contribution < -0.4 is 5.32 Å². The van der Waals surface area contributed by atoms with Crippen LogP contribution in [0, 0.1) is 0 Å². The van der Waals surface area contributed by atoms with Gasteiger partial charge in [-0.15, -0.1) is 0 Å². The first-order chi connectivity index (χ1) is 11.4. The summed E-state index contributed by atoms with van der Waals surface area (Å²) in [7, 11) is 1.60. The summed E-state index contributed by atoms with van der Waals surface area (Å²) in [5.74, 6) is -0.565. The Morgan fingerprint density at radius 2 is 2.25 bits per heavy atom. The second-order valence-electron chi connectivity index (χ2n) is 5.52. The Morgan fingerprint density at radius 3 is 2.92 bits per heavy atom. The summed E-state index contributed by atoms with van der Waals surface area (Å²) >= 11 is 0. The summed E-state index contributed by atoms with van der Waals surface area (Å²) in [6.07, 6.45) is -2.27. The SMILES string of the molecule is Cn1nc(C2CCCOC2)cc1NC(=O)c1conc1C(F)(F)F. The van der Waals surface area contributed by atoms with Crippen LogP contribution in [0.1, 0.15) is 40.5 Å². The average molecular weight is 344 g/mol. The highest BCUT2D eigenvalue weighted by molar-refractivity contribution is 6.04. The van der Waals surface area contributed by atoms with E-state index in [9.17, 15) is 18.0 Å². The Morgan fingerprint density at radius 1 is 1.46 bits per heavy atom. The Balaban J connectivity index is 1.78. The van der Waals surface area contributed by atoms with Crippen molar-refractivity contribution in [1.29, 1.82) is 0 Å². The highest BCUT2D eigenvalue weighted by atomic mass is 19.4. The summed E-state index contributed by atoms with van der Waals surface area (Å²) < 4.78 is 49.4. The lowest BCUT2D eigenvalue weighted by atomic mass is 9.99. The molecule has 1 saturated heterocycles. The van der Waals surface area contributed by atoms with E-state index in [0.717, 1.165) is 18.5 Å². The second-order valence-corrected chi connectivity index (χ2v) is 5.52. The van der Waals surface area contributed by atoms with Gasteiger partial charge in [0.15, 0.2) is 5.69 Å². The predicted molar refractivity (Wildman–Crippen MR) is 75.5 cm³/mol. The van der Waals surface area contributed by atoms with Crippen LogP contribution in [0.25, 0.3) is 0 Å². The summed E-state index contributed by atoms with van der Waals surface area (Å²) in [5, 5.41) is 9.56. The normalized spacial score (nSPS) is 18.6. The molecule has 1 aliphatic rings. The lowest BCUT2D eigenvalue weighted by Crippen LogP contribution is -2.19. The molecule has 1 atom stereocenters. The van der Waals surface area contributed by atoms with E-state index in [4.69, 9.17) is 4.74 Å². The molecule has 1 amide bonds. The van der Waals surface area contributed by atoms with E-state index in [0.29, 0.717) is 19.5 Å². The molecule has 1 unspecified atom stereocenters. The van der Waals surface area contributed by atoms with Gasteiger partial charge >= 0.3 is 6.18 Å². The van der Waals surface area contributed by atoms with Crippen LogP contribution in [-0.4, -0.2) is 34.1 Å². The van der Waals surface area contributed by atoms with Gasteiger partial charge in [0, 0.05) is 25.6 Å². The fourth-order valence-electron chi connectivity index (χ4n) is 2.57. The molecule has 1 N–H and O–H groups in total. The van der Waals surface area contributed by atoms with Crippen LogP contribution in [-0.2, 0) is 18.0 Å². The largest absolute Gasteiger partial charge is 0.437 e. The third kappa shape index (κ3) is 3.28. The lowest BCUT2D eigenvalue weighted by Gasteiger charge is -2.19. The quantitative estimate of drug-likeness (QED) is 0.925.